The molecule has 0 rings (SSSR count). The predicted molar refractivity (Wildman–Crippen MR) is 373 cm³/mol. The molecule has 0 saturated carbocycles. The number of carbonyl (C=O) groups excluding carboxylic acids is 2. The van der Waals surface area contributed by atoms with Gasteiger partial charge in [0.25, 0.3) is 6.29 Å². The van der Waals surface area contributed by atoms with Crippen LogP contribution in [-0.2, 0) is 33.3 Å². The summed E-state index contributed by atoms with van der Waals surface area (Å²) >= 11 is 0. The van der Waals surface area contributed by atoms with Crippen LogP contribution in [0.1, 0.15) is 309 Å². The van der Waals surface area contributed by atoms with Crippen LogP contribution >= 0.6 is 0 Å². The maximum atomic E-state index is 12.9. The molecule has 0 fully saturated rings. The van der Waals surface area contributed by atoms with Gasteiger partial charge in [-0.3, -0.25) is 9.59 Å². The molecule has 0 radical (unpaired) electrons. The van der Waals surface area contributed by atoms with Gasteiger partial charge in [0.2, 0.25) is 0 Å². The number of carboxylic acid groups (broad SMARTS) is 1. The monoisotopic (exact) mass is 1220 g/mol. The maximum Gasteiger partial charge on any atom is 0.361 e. The number of unbranched alkanes of at least 4 members (excludes halogenated alkanes) is 33. The quantitative estimate of drug-likeness (QED) is 0.0211. The van der Waals surface area contributed by atoms with E-state index < -0.39 is 24.3 Å². The van der Waals surface area contributed by atoms with Crippen molar-refractivity contribution in [3.8, 4) is 0 Å². The minimum absolute atomic E-state index is 0.182. The summed E-state index contributed by atoms with van der Waals surface area (Å²) in [7, 11) is 5.98. The van der Waals surface area contributed by atoms with Gasteiger partial charge in [0.1, 0.15) is 13.2 Å². The van der Waals surface area contributed by atoms with Crippen molar-refractivity contribution in [2.24, 2.45) is 0 Å². The third-order valence-electron chi connectivity index (χ3n) is 15.5. The highest BCUT2D eigenvalue weighted by atomic mass is 16.7. The minimum Gasteiger partial charge on any atom is -0.477 e. The van der Waals surface area contributed by atoms with E-state index in [0.717, 1.165) is 103 Å². The molecule has 0 aliphatic heterocycles. The summed E-state index contributed by atoms with van der Waals surface area (Å²) < 4.78 is 23.0. The van der Waals surface area contributed by atoms with Gasteiger partial charge in [0, 0.05) is 12.8 Å². The summed E-state index contributed by atoms with van der Waals surface area (Å²) in [6.45, 7) is 4.80. The van der Waals surface area contributed by atoms with E-state index in [9.17, 15) is 19.5 Å². The first-order chi connectivity index (χ1) is 42.6. The first-order valence-electron chi connectivity index (χ1n) is 36.1. The molecule has 500 valence electrons. The average Bonchev–Trinajstić information content (AvgIpc) is 3.59. The van der Waals surface area contributed by atoms with Gasteiger partial charge in [-0.2, -0.15) is 0 Å². The summed E-state index contributed by atoms with van der Waals surface area (Å²) in [6, 6.07) is 0. The van der Waals surface area contributed by atoms with E-state index in [1.54, 1.807) is 0 Å². The highest BCUT2D eigenvalue weighted by Gasteiger charge is 2.25. The van der Waals surface area contributed by atoms with Crippen LogP contribution in [-0.4, -0.2) is 87.4 Å². The first-order valence-corrected chi connectivity index (χ1v) is 36.1. The first kappa shape index (κ1) is 83.0. The summed E-state index contributed by atoms with van der Waals surface area (Å²) in [5.41, 5.74) is 0. The molecule has 0 heterocycles. The summed E-state index contributed by atoms with van der Waals surface area (Å²) in [5.74, 6) is -1.99. The number of carbonyl (C=O) groups is 3. The lowest BCUT2D eigenvalue weighted by atomic mass is 10.0. The van der Waals surface area contributed by atoms with Gasteiger partial charge in [-0.15, -0.1) is 0 Å². The lowest BCUT2D eigenvalue weighted by Crippen LogP contribution is -2.40. The van der Waals surface area contributed by atoms with Crippen LogP contribution in [0.25, 0.3) is 0 Å². The number of aliphatic carboxylic acids is 1. The number of quaternary nitrogens is 1. The van der Waals surface area contributed by atoms with Crippen molar-refractivity contribution in [1.82, 2.24) is 0 Å². The van der Waals surface area contributed by atoms with Crippen LogP contribution in [0, 0.1) is 0 Å². The van der Waals surface area contributed by atoms with Crippen LogP contribution in [0.4, 0.5) is 0 Å². The minimum atomic E-state index is -1.51. The fourth-order valence-corrected chi connectivity index (χ4v) is 10.1. The molecule has 9 nitrogen and oxygen atoms in total. The molecule has 1 N–H and O–H groups in total. The Labute approximate surface area is 536 Å². The van der Waals surface area contributed by atoms with Gasteiger partial charge < -0.3 is 28.5 Å². The zero-order valence-corrected chi connectivity index (χ0v) is 57.2. The Morgan fingerprint density at radius 3 is 0.977 bits per heavy atom. The summed E-state index contributed by atoms with van der Waals surface area (Å²) in [5, 5.41) is 9.75. The van der Waals surface area contributed by atoms with Gasteiger partial charge in [-0.05, 0) is 83.5 Å². The third kappa shape index (κ3) is 69.3. The Bertz CT molecular complexity index is 1800. The number of likely N-dealkylation sites (N-methyl/N-ethyl adjacent to an activating group) is 1. The number of hydrogen-bond donors (Lipinski definition) is 1. The molecule has 0 aromatic rings. The van der Waals surface area contributed by atoms with Gasteiger partial charge in [-0.1, -0.05) is 322 Å². The molecule has 2 atom stereocenters. The molecule has 0 aromatic carbocycles. The molecule has 0 aliphatic carbocycles. The Morgan fingerprint density at radius 2 is 0.655 bits per heavy atom. The molecule has 0 aromatic heterocycles. The average molecular weight is 1220 g/mol. The van der Waals surface area contributed by atoms with Crippen LogP contribution in [0.15, 0.2) is 109 Å². The third-order valence-corrected chi connectivity index (χ3v) is 15.5. The molecule has 87 heavy (non-hydrogen) atoms. The van der Waals surface area contributed by atoms with Crippen LogP contribution in [0.2, 0.25) is 0 Å². The van der Waals surface area contributed by atoms with E-state index in [1.165, 1.54) is 180 Å². The number of nitrogens with zero attached hydrogens (tertiary/aromatic N) is 1. The summed E-state index contributed by atoms with van der Waals surface area (Å²) in [6.07, 6.45) is 92.0. The second kappa shape index (κ2) is 67.9. The van der Waals surface area contributed by atoms with Crippen LogP contribution < -0.4 is 0 Å². The lowest BCUT2D eigenvalue weighted by Gasteiger charge is -2.25. The molecular formula is C78H136NO8+. The molecular weight excluding hydrogens is 1080 g/mol. The Kier molecular flexibility index (Phi) is 64.7. The fraction of sp³-hybridized carbons (Fsp3) is 0.731. The largest absolute Gasteiger partial charge is 0.477 e. The van der Waals surface area contributed by atoms with Crippen molar-refractivity contribution in [1.29, 1.82) is 0 Å². The maximum absolute atomic E-state index is 12.9. The molecule has 2 unspecified atom stereocenters. The van der Waals surface area contributed by atoms with E-state index in [1.807, 2.05) is 21.1 Å². The highest BCUT2D eigenvalue weighted by molar-refractivity contribution is 5.71. The van der Waals surface area contributed by atoms with Crippen molar-refractivity contribution < 1.29 is 42.9 Å². The number of carboxylic acids is 1. The van der Waals surface area contributed by atoms with Crippen molar-refractivity contribution in [2.75, 3.05) is 47.5 Å². The van der Waals surface area contributed by atoms with Crippen molar-refractivity contribution in [2.45, 2.75) is 322 Å². The smallest absolute Gasteiger partial charge is 0.361 e. The van der Waals surface area contributed by atoms with Crippen molar-refractivity contribution >= 4 is 17.9 Å². The lowest BCUT2D eigenvalue weighted by molar-refractivity contribution is -0.870. The van der Waals surface area contributed by atoms with Gasteiger partial charge in [0.15, 0.2) is 6.10 Å². The topological polar surface area (TPSA) is 108 Å². The van der Waals surface area contributed by atoms with Crippen molar-refractivity contribution in [3.63, 3.8) is 0 Å². The normalized spacial score (nSPS) is 13.3. The van der Waals surface area contributed by atoms with Gasteiger partial charge in [0.05, 0.1) is 34.4 Å². The zero-order valence-electron chi connectivity index (χ0n) is 57.2. The van der Waals surface area contributed by atoms with E-state index in [2.05, 4.69) is 123 Å². The molecule has 0 aliphatic rings. The van der Waals surface area contributed by atoms with Gasteiger partial charge in [-0.25, -0.2) is 4.79 Å². The molecule has 0 spiro atoms. The predicted octanol–water partition coefficient (Wildman–Crippen LogP) is 22.6. The summed E-state index contributed by atoms with van der Waals surface area (Å²) in [4.78, 5) is 37.6. The van der Waals surface area contributed by atoms with Crippen LogP contribution in [0.5, 0.6) is 0 Å². The second-order valence-corrected chi connectivity index (χ2v) is 25.2. The standard InChI is InChI=1S/C78H135NO8/c1-6-8-10-12-14-16-18-20-22-24-26-28-29-30-31-32-33-34-35-36-37-38-39-40-41-42-43-44-45-46-47-49-51-53-55-57-59-61-63-65-67-69-76(81)87-74(73-86-78(77(82)83)84-71-70-79(3,4)5)72-85-75(80)68-66-64-62-60-58-56-54-52-50-48-27-25-23-21-19-17-15-13-11-9-7-2/h8,10,14,16,20,22,26,28,30-31,33-34,36-37,39-40,42-43,74,78H,6-7,9,11-13,15,17-19,21,23-25,27,29,32,35,38,41,44-73H2,1-5H3/p+1/b10-8-,16-14-,22-20-,28-26-,31-30-,34-33-,37-36-,40-39-,43-42-. The SMILES string of the molecule is CC/C=C\C/C=C\C/C=C\C/C=C\C/C=C\C/C=C\C/C=C\C/C=C\C/C=C\CCCCCCCCCCCCCCCC(=O)OC(COC(=O)CCCCCCCCCCCCCCCCCCCCCCC)COC(OCC[N+](C)(C)C)C(=O)O. The van der Waals surface area contributed by atoms with E-state index in [4.69, 9.17) is 18.9 Å². The Hall–Kier alpha value is -4.05. The van der Waals surface area contributed by atoms with Crippen molar-refractivity contribution in [3.05, 3.63) is 109 Å². The molecule has 0 saturated heterocycles. The molecule has 0 amide bonds. The number of rotatable bonds is 66. The highest BCUT2D eigenvalue weighted by Crippen LogP contribution is 2.18. The number of allylic oxidation sites excluding steroid dienone is 18. The molecule has 9 heteroatoms. The number of ether oxygens (including phenoxy) is 4. The van der Waals surface area contributed by atoms with Crippen LogP contribution in [0.3, 0.4) is 0 Å². The number of hydrogen-bond acceptors (Lipinski definition) is 7. The van der Waals surface area contributed by atoms with E-state index in [-0.39, 0.29) is 32.2 Å². The van der Waals surface area contributed by atoms with Gasteiger partial charge >= 0.3 is 17.9 Å². The Balaban J connectivity index is 4.08. The number of esters is 2. The fourth-order valence-electron chi connectivity index (χ4n) is 10.1. The van der Waals surface area contributed by atoms with E-state index in [0.29, 0.717) is 17.4 Å². The van der Waals surface area contributed by atoms with E-state index >= 15 is 0 Å². The second-order valence-electron chi connectivity index (χ2n) is 25.2. The zero-order chi connectivity index (χ0) is 63.3. The molecule has 0 bridgehead atoms. The Morgan fingerprint density at radius 1 is 0.356 bits per heavy atom.